The fourth-order valence-electron chi connectivity index (χ4n) is 1.36. The molecule has 1 N–H and O–H groups in total. The molecule has 1 aromatic carbocycles. The lowest BCUT2D eigenvalue weighted by Gasteiger charge is -2.09. The van der Waals surface area contributed by atoms with E-state index in [-0.39, 0.29) is 22.7 Å². The maximum atomic E-state index is 11.6. The molecule has 4 nitrogen and oxygen atoms in total. The first-order chi connectivity index (χ1) is 7.97. The Bertz CT molecular complexity index is 440. The third kappa shape index (κ3) is 3.20. The lowest BCUT2D eigenvalue weighted by atomic mass is 10.0. The molecule has 92 valence electrons. The van der Waals surface area contributed by atoms with Crippen molar-refractivity contribution in [2.24, 2.45) is 0 Å². The van der Waals surface area contributed by atoms with Crippen molar-refractivity contribution in [1.82, 2.24) is 0 Å². The van der Waals surface area contributed by atoms with E-state index in [1.54, 1.807) is 13.8 Å². The Hall–Kier alpha value is -1.55. The summed E-state index contributed by atoms with van der Waals surface area (Å²) in [7, 11) is 0. The maximum Gasteiger partial charge on any atom is 0.339 e. The van der Waals surface area contributed by atoms with E-state index in [0.29, 0.717) is 6.61 Å². The fourth-order valence-corrected chi connectivity index (χ4v) is 1.49. The quantitative estimate of drug-likeness (QED) is 0.650. The molecular formula is C12H13ClO4. The summed E-state index contributed by atoms with van der Waals surface area (Å²) < 4.78 is 5.17. The average Bonchev–Trinajstić information content (AvgIpc) is 2.28. The number of carboxylic acids is 1. The molecule has 0 bridgehead atoms. The summed E-state index contributed by atoms with van der Waals surface area (Å²) in [5.41, 5.74) is 0.239. The zero-order valence-electron chi connectivity index (χ0n) is 9.57. The van der Waals surface area contributed by atoms with Crippen molar-refractivity contribution < 1.29 is 19.4 Å². The summed E-state index contributed by atoms with van der Waals surface area (Å²) in [6.45, 7) is 3.66. The van der Waals surface area contributed by atoms with Crippen LogP contribution in [-0.4, -0.2) is 28.8 Å². The molecule has 0 heterocycles. The van der Waals surface area contributed by atoms with Crippen LogP contribution in [0.25, 0.3) is 0 Å². The zero-order chi connectivity index (χ0) is 13.0. The van der Waals surface area contributed by atoms with Crippen LogP contribution in [0.3, 0.4) is 0 Å². The number of hydrogen-bond donors (Lipinski definition) is 1. The highest BCUT2D eigenvalue weighted by molar-refractivity contribution is 6.33. The third-order valence-corrected chi connectivity index (χ3v) is 2.35. The number of carboxylic acid groups (broad SMARTS) is 1. The average molecular weight is 257 g/mol. The van der Waals surface area contributed by atoms with Gasteiger partial charge >= 0.3 is 5.97 Å². The Balaban J connectivity index is 3.18. The molecule has 0 spiro atoms. The van der Waals surface area contributed by atoms with Gasteiger partial charge in [-0.05, 0) is 32.0 Å². The minimum atomic E-state index is -1.13. The predicted octanol–water partition coefficient (Wildman–Crippen LogP) is 2.59. The number of halogens is 1. The van der Waals surface area contributed by atoms with Crippen LogP contribution in [0.2, 0.25) is 0 Å². The van der Waals surface area contributed by atoms with Crippen LogP contribution in [0.1, 0.15) is 34.6 Å². The topological polar surface area (TPSA) is 63.6 Å². The van der Waals surface area contributed by atoms with Crippen molar-refractivity contribution in [2.75, 3.05) is 6.61 Å². The molecule has 0 aromatic heterocycles. The van der Waals surface area contributed by atoms with Crippen molar-refractivity contribution in [3.05, 3.63) is 29.3 Å². The van der Waals surface area contributed by atoms with E-state index in [1.165, 1.54) is 18.2 Å². The standard InChI is InChI=1S/C12H13ClO4/c1-3-17-10-5-4-8(11(14)7(2)13)6-9(10)12(15)16/h4-7H,3H2,1-2H3,(H,15,16). The summed E-state index contributed by atoms with van der Waals surface area (Å²) in [6, 6.07) is 4.27. The number of carbonyl (C=O) groups excluding carboxylic acids is 1. The minimum absolute atomic E-state index is 0.0324. The van der Waals surface area contributed by atoms with Crippen LogP contribution >= 0.6 is 11.6 Å². The molecule has 0 radical (unpaired) electrons. The lowest BCUT2D eigenvalue weighted by Crippen LogP contribution is -2.12. The van der Waals surface area contributed by atoms with Gasteiger partial charge in [-0.25, -0.2) is 4.79 Å². The first-order valence-corrected chi connectivity index (χ1v) is 5.59. The van der Waals surface area contributed by atoms with E-state index in [1.807, 2.05) is 0 Å². The van der Waals surface area contributed by atoms with E-state index in [9.17, 15) is 9.59 Å². The molecule has 1 unspecified atom stereocenters. The van der Waals surface area contributed by atoms with Gasteiger partial charge in [-0.1, -0.05) is 0 Å². The zero-order valence-corrected chi connectivity index (χ0v) is 10.3. The number of rotatable bonds is 5. The van der Waals surface area contributed by atoms with Crippen LogP contribution < -0.4 is 4.74 Å². The smallest absolute Gasteiger partial charge is 0.339 e. The molecule has 1 rings (SSSR count). The second kappa shape index (κ2) is 5.68. The number of Topliss-reactive ketones (excluding diaryl/α,β-unsaturated/α-hetero) is 1. The molecule has 0 aliphatic heterocycles. The van der Waals surface area contributed by atoms with E-state index in [0.717, 1.165) is 0 Å². The Morgan fingerprint density at radius 1 is 1.47 bits per heavy atom. The number of ether oxygens (including phenoxy) is 1. The highest BCUT2D eigenvalue weighted by Gasteiger charge is 2.17. The van der Waals surface area contributed by atoms with Crippen LogP contribution in [0.5, 0.6) is 5.75 Å². The Labute approximate surface area is 104 Å². The van der Waals surface area contributed by atoms with Gasteiger partial charge in [0.05, 0.1) is 12.0 Å². The number of carbonyl (C=O) groups is 2. The maximum absolute atomic E-state index is 11.6. The van der Waals surface area contributed by atoms with E-state index < -0.39 is 11.3 Å². The molecule has 0 aliphatic carbocycles. The van der Waals surface area contributed by atoms with Gasteiger partial charge in [-0.2, -0.15) is 0 Å². The number of alkyl halides is 1. The summed E-state index contributed by atoms with van der Waals surface area (Å²) in [5, 5.41) is 8.33. The second-order valence-corrected chi connectivity index (χ2v) is 4.08. The highest BCUT2D eigenvalue weighted by Crippen LogP contribution is 2.21. The second-order valence-electron chi connectivity index (χ2n) is 3.43. The Morgan fingerprint density at radius 2 is 2.12 bits per heavy atom. The van der Waals surface area contributed by atoms with Crippen molar-refractivity contribution >= 4 is 23.4 Å². The van der Waals surface area contributed by atoms with Gasteiger partial charge in [0.2, 0.25) is 0 Å². The molecule has 0 aliphatic rings. The Kier molecular flexibility index (Phi) is 4.52. The van der Waals surface area contributed by atoms with Crippen LogP contribution in [-0.2, 0) is 0 Å². The largest absolute Gasteiger partial charge is 0.493 e. The number of aromatic carboxylic acids is 1. The summed E-state index contributed by atoms with van der Waals surface area (Å²) >= 11 is 5.67. The van der Waals surface area contributed by atoms with Crippen LogP contribution in [0, 0.1) is 0 Å². The molecule has 1 atom stereocenters. The summed E-state index contributed by atoms with van der Waals surface area (Å²) in [6.07, 6.45) is 0. The number of hydrogen-bond acceptors (Lipinski definition) is 3. The van der Waals surface area contributed by atoms with Gasteiger partial charge in [0, 0.05) is 5.56 Å². The molecule has 0 fully saturated rings. The molecule has 0 saturated heterocycles. The third-order valence-electron chi connectivity index (χ3n) is 2.16. The highest BCUT2D eigenvalue weighted by atomic mass is 35.5. The molecule has 0 saturated carbocycles. The van der Waals surface area contributed by atoms with Crippen LogP contribution in [0.15, 0.2) is 18.2 Å². The fraction of sp³-hybridized carbons (Fsp3) is 0.333. The first kappa shape index (κ1) is 13.5. The molecule has 5 heteroatoms. The van der Waals surface area contributed by atoms with Gasteiger partial charge in [-0.3, -0.25) is 4.79 Å². The van der Waals surface area contributed by atoms with Crippen molar-refractivity contribution in [2.45, 2.75) is 19.2 Å². The van der Waals surface area contributed by atoms with Gasteiger partial charge in [0.15, 0.2) is 5.78 Å². The predicted molar refractivity (Wildman–Crippen MR) is 64.2 cm³/mol. The van der Waals surface area contributed by atoms with E-state index in [2.05, 4.69) is 0 Å². The number of benzene rings is 1. The monoisotopic (exact) mass is 256 g/mol. The normalized spacial score (nSPS) is 11.9. The van der Waals surface area contributed by atoms with Crippen molar-refractivity contribution in [1.29, 1.82) is 0 Å². The van der Waals surface area contributed by atoms with Crippen molar-refractivity contribution in [3.63, 3.8) is 0 Å². The molecule has 1 aromatic rings. The van der Waals surface area contributed by atoms with Gasteiger partial charge in [0.1, 0.15) is 11.3 Å². The Morgan fingerprint density at radius 3 is 2.59 bits per heavy atom. The molecule has 17 heavy (non-hydrogen) atoms. The molecule has 0 amide bonds. The van der Waals surface area contributed by atoms with Crippen molar-refractivity contribution in [3.8, 4) is 5.75 Å². The lowest BCUT2D eigenvalue weighted by molar-refractivity contribution is 0.0692. The first-order valence-electron chi connectivity index (χ1n) is 5.15. The van der Waals surface area contributed by atoms with Crippen LogP contribution in [0.4, 0.5) is 0 Å². The van der Waals surface area contributed by atoms with E-state index >= 15 is 0 Å². The van der Waals surface area contributed by atoms with Gasteiger partial charge < -0.3 is 9.84 Å². The van der Waals surface area contributed by atoms with Gasteiger partial charge in [-0.15, -0.1) is 11.6 Å². The minimum Gasteiger partial charge on any atom is -0.493 e. The molecular weight excluding hydrogens is 244 g/mol. The van der Waals surface area contributed by atoms with E-state index in [4.69, 9.17) is 21.4 Å². The SMILES string of the molecule is CCOc1ccc(C(=O)C(C)Cl)cc1C(=O)O. The van der Waals surface area contributed by atoms with Gasteiger partial charge in [0.25, 0.3) is 0 Å². The summed E-state index contributed by atoms with van der Waals surface area (Å²) in [4.78, 5) is 22.6. The number of ketones is 1. The summed E-state index contributed by atoms with van der Waals surface area (Å²) in [5.74, 6) is -1.19.